The number of aliphatic imine (C=N–C) groups is 2. The molecule has 0 bridgehead atoms. The van der Waals surface area contributed by atoms with E-state index in [-0.39, 0.29) is 11.3 Å². The minimum atomic E-state index is -0.400. The van der Waals surface area contributed by atoms with Crippen molar-refractivity contribution in [3.8, 4) is 5.75 Å². The number of fused-ring (bicyclic) bond motifs is 2. The number of nitrogens with one attached hydrogen (secondary N) is 1. The van der Waals surface area contributed by atoms with Crippen LogP contribution in [-0.2, 0) is 0 Å². The fourth-order valence-corrected chi connectivity index (χ4v) is 3.50. The van der Waals surface area contributed by atoms with Gasteiger partial charge in [0.25, 0.3) is 5.56 Å². The van der Waals surface area contributed by atoms with E-state index in [0.717, 1.165) is 11.1 Å². The van der Waals surface area contributed by atoms with Crippen molar-refractivity contribution in [2.75, 3.05) is 5.73 Å². The number of nitrogen functional groups attached to an aromatic ring is 1. The Labute approximate surface area is 165 Å². The molecule has 4 aromatic rings. The zero-order valence-electron chi connectivity index (χ0n) is 15.3. The number of nitrogens with two attached hydrogens (primary N) is 1. The van der Waals surface area contributed by atoms with E-state index in [9.17, 15) is 9.90 Å². The largest absolute Gasteiger partial charge is 0.506 e. The van der Waals surface area contributed by atoms with Crippen molar-refractivity contribution in [3.63, 3.8) is 0 Å². The summed E-state index contributed by atoms with van der Waals surface area (Å²) < 4.78 is 0. The second-order valence-electron chi connectivity index (χ2n) is 6.76. The maximum absolute atomic E-state index is 12.8. The van der Waals surface area contributed by atoms with Crippen LogP contribution in [0.5, 0.6) is 5.75 Å². The van der Waals surface area contributed by atoms with Crippen molar-refractivity contribution < 1.29 is 5.11 Å². The maximum atomic E-state index is 12.8. The Bertz CT molecular complexity index is 1380. The van der Waals surface area contributed by atoms with E-state index in [0.29, 0.717) is 33.8 Å². The summed E-state index contributed by atoms with van der Waals surface area (Å²) in [5.74, 6) is 0.388. The SMILES string of the molecule is Nc1ccc(N=C2N=C(c3c(O)c4ccccc4[nH]c3=O)c3ccccc32)cc1. The molecule has 0 atom stereocenters. The van der Waals surface area contributed by atoms with Gasteiger partial charge in [0.05, 0.1) is 16.9 Å². The molecule has 1 aliphatic rings. The van der Waals surface area contributed by atoms with Crippen molar-refractivity contribution >= 4 is 33.8 Å². The van der Waals surface area contributed by atoms with Gasteiger partial charge in [-0.3, -0.25) is 4.79 Å². The van der Waals surface area contributed by atoms with Crippen molar-refractivity contribution in [2.45, 2.75) is 0 Å². The Morgan fingerprint density at radius 2 is 1.59 bits per heavy atom. The van der Waals surface area contributed by atoms with Crippen LogP contribution in [0.3, 0.4) is 0 Å². The number of anilines is 1. The predicted molar refractivity (Wildman–Crippen MR) is 115 cm³/mol. The quantitative estimate of drug-likeness (QED) is 0.461. The molecule has 3 aromatic carbocycles. The smallest absolute Gasteiger partial charge is 0.261 e. The van der Waals surface area contributed by atoms with E-state index >= 15 is 0 Å². The summed E-state index contributed by atoms with van der Waals surface area (Å²) in [5, 5.41) is 11.4. The first kappa shape index (κ1) is 16.9. The number of aromatic hydroxyl groups is 1. The lowest BCUT2D eigenvalue weighted by atomic mass is 9.99. The van der Waals surface area contributed by atoms with Gasteiger partial charge in [0, 0.05) is 22.2 Å². The van der Waals surface area contributed by atoms with Crippen LogP contribution in [0.2, 0.25) is 0 Å². The summed E-state index contributed by atoms with van der Waals surface area (Å²) in [6.07, 6.45) is 0. The minimum absolute atomic E-state index is 0.0911. The molecule has 0 fully saturated rings. The second kappa shape index (κ2) is 6.45. The lowest BCUT2D eigenvalue weighted by Crippen LogP contribution is -2.18. The molecule has 0 saturated heterocycles. The molecule has 0 saturated carbocycles. The molecule has 0 radical (unpaired) electrons. The Hall–Kier alpha value is -4.19. The van der Waals surface area contributed by atoms with Crippen molar-refractivity contribution in [1.29, 1.82) is 0 Å². The van der Waals surface area contributed by atoms with Gasteiger partial charge in [-0.1, -0.05) is 36.4 Å². The molecule has 2 heterocycles. The number of benzene rings is 3. The Morgan fingerprint density at radius 1 is 0.897 bits per heavy atom. The molecule has 1 aromatic heterocycles. The highest BCUT2D eigenvalue weighted by Gasteiger charge is 2.27. The summed E-state index contributed by atoms with van der Waals surface area (Å²) in [7, 11) is 0. The van der Waals surface area contributed by atoms with Crippen LogP contribution in [0.1, 0.15) is 16.7 Å². The average Bonchev–Trinajstić information content (AvgIpc) is 3.08. The van der Waals surface area contributed by atoms with Crippen LogP contribution in [0.4, 0.5) is 11.4 Å². The van der Waals surface area contributed by atoms with Gasteiger partial charge in [-0.25, -0.2) is 9.98 Å². The number of rotatable bonds is 2. The number of para-hydroxylation sites is 1. The Kier molecular flexibility index (Phi) is 3.77. The third-order valence-corrected chi connectivity index (χ3v) is 4.90. The number of nitrogens with zero attached hydrogens (tertiary/aromatic N) is 2. The number of aromatic amines is 1. The second-order valence-corrected chi connectivity index (χ2v) is 6.76. The van der Waals surface area contributed by atoms with Gasteiger partial charge in [0.1, 0.15) is 11.3 Å². The monoisotopic (exact) mass is 380 g/mol. The first-order chi connectivity index (χ1) is 14.1. The van der Waals surface area contributed by atoms with Crippen molar-refractivity contribution in [1.82, 2.24) is 4.98 Å². The highest BCUT2D eigenvalue weighted by atomic mass is 16.3. The van der Waals surface area contributed by atoms with Crippen LogP contribution in [0.25, 0.3) is 10.9 Å². The Balaban J connectivity index is 1.74. The molecule has 0 unspecified atom stereocenters. The van der Waals surface area contributed by atoms with Gasteiger partial charge in [-0.15, -0.1) is 0 Å². The first-order valence-corrected chi connectivity index (χ1v) is 9.09. The number of pyridine rings is 1. The number of aromatic nitrogens is 1. The van der Waals surface area contributed by atoms with E-state index in [1.165, 1.54) is 0 Å². The summed E-state index contributed by atoms with van der Waals surface area (Å²) in [6, 6.07) is 21.8. The van der Waals surface area contributed by atoms with Gasteiger partial charge in [0.15, 0.2) is 5.84 Å². The van der Waals surface area contributed by atoms with Gasteiger partial charge in [-0.05, 0) is 36.4 Å². The fraction of sp³-hybridized carbons (Fsp3) is 0. The summed E-state index contributed by atoms with van der Waals surface area (Å²) >= 11 is 0. The van der Waals surface area contributed by atoms with Crippen LogP contribution >= 0.6 is 0 Å². The predicted octanol–water partition coefficient (Wildman–Crippen LogP) is 3.75. The lowest BCUT2D eigenvalue weighted by Gasteiger charge is -2.08. The van der Waals surface area contributed by atoms with E-state index in [2.05, 4.69) is 15.0 Å². The summed E-state index contributed by atoms with van der Waals surface area (Å²) in [6.45, 7) is 0. The zero-order chi connectivity index (χ0) is 20.0. The molecular formula is C23H16N4O2. The van der Waals surface area contributed by atoms with Crippen LogP contribution in [0, 0.1) is 0 Å². The van der Waals surface area contributed by atoms with E-state index in [1.807, 2.05) is 30.3 Å². The molecular weight excluding hydrogens is 364 g/mol. The van der Waals surface area contributed by atoms with Gasteiger partial charge in [0.2, 0.25) is 0 Å². The highest BCUT2D eigenvalue weighted by Crippen LogP contribution is 2.31. The van der Waals surface area contributed by atoms with Crippen LogP contribution in [-0.4, -0.2) is 21.6 Å². The van der Waals surface area contributed by atoms with Crippen molar-refractivity contribution in [3.05, 3.63) is 99.8 Å². The fourth-order valence-electron chi connectivity index (χ4n) is 3.50. The molecule has 0 spiro atoms. The van der Waals surface area contributed by atoms with E-state index in [4.69, 9.17) is 5.73 Å². The van der Waals surface area contributed by atoms with Gasteiger partial charge in [-0.2, -0.15) is 0 Å². The third-order valence-electron chi connectivity index (χ3n) is 4.90. The van der Waals surface area contributed by atoms with E-state index < -0.39 is 5.56 Å². The molecule has 140 valence electrons. The average molecular weight is 380 g/mol. The summed E-state index contributed by atoms with van der Waals surface area (Å²) in [5.41, 5.74) is 9.35. The lowest BCUT2D eigenvalue weighted by molar-refractivity contribution is 0.479. The summed E-state index contributed by atoms with van der Waals surface area (Å²) in [4.78, 5) is 24.9. The number of amidine groups is 1. The maximum Gasteiger partial charge on any atom is 0.261 e. The standard InChI is InChI=1S/C23H16N4O2/c24-13-9-11-14(12-10-13)25-22-16-6-2-1-5-15(16)20(27-22)19-21(28)17-7-3-4-8-18(17)26-23(19)29/h1-12H,24H2,(H2,26,28,29). The molecule has 6 nitrogen and oxygen atoms in total. The normalized spacial score (nSPS) is 14.2. The number of hydrogen-bond donors (Lipinski definition) is 3. The molecule has 0 aliphatic carbocycles. The Morgan fingerprint density at radius 3 is 2.38 bits per heavy atom. The van der Waals surface area contributed by atoms with Gasteiger partial charge >= 0.3 is 0 Å². The highest BCUT2D eigenvalue weighted by molar-refractivity contribution is 6.30. The molecule has 1 aliphatic heterocycles. The number of hydrogen-bond acceptors (Lipinski definition) is 4. The molecule has 29 heavy (non-hydrogen) atoms. The number of H-pyrrole nitrogens is 1. The third kappa shape index (κ3) is 2.78. The van der Waals surface area contributed by atoms with Crippen LogP contribution < -0.4 is 11.3 Å². The van der Waals surface area contributed by atoms with E-state index in [1.54, 1.807) is 42.5 Å². The molecule has 0 amide bonds. The van der Waals surface area contributed by atoms with Crippen molar-refractivity contribution in [2.24, 2.45) is 9.98 Å². The van der Waals surface area contributed by atoms with Gasteiger partial charge < -0.3 is 15.8 Å². The molecule has 4 N–H and O–H groups in total. The van der Waals surface area contributed by atoms with Crippen LogP contribution in [0.15, 0.2) is 87.6 Å². The molecule has 5 rings (SSSR count). The molecule has 6 heteroatoms. The minimum Gasteiger partial charge on any atom is -0.506 e. The first-order valence-electron chi connectivity index (χ1n) is 9.09. The zero-order valence-corrected chi connectivity index (χ0v) is 15.3. The topological polar surface area (TPSA) is 104 Å².